The van der Waals surface area contributed by atoms with Crippen LogP contribution in [-0.2, 0) is 0 Å². The first kappa shape index (κ1) is 15.0. The van der Waals surface area contributed by atoms with Crippen molar-refractivity contribution in [3.63, 3.8) is 0 Å². The van der Waals surface area contributed by atoms with Gasteiger partial charge in [0.25, 0.3) is 5.91 Å². The Morgan fingerprint density at radius 1 is 1.28 bits per heavy atom. The molecule has 3 aromatic heterocycles. The average Bonchev–Trinajstić information content (AvgIpc) is 3.31. The van der Waals surface area contributed by atoms with Crippen LogP contribution in [0.3, 0.4) is 0 Å². The van der Waals surface area contributed by atoms with E-state index in [0.29, 0.717) is 11.6 Å². The van der Waals surface area contributed by atoms with Gasteiger partial charge in [-0.3, -0.25) is 4.79 Å². The van der Waals surface area contributed by atoms with Crippen molar-refractivity contribution < 1.29 is 4.79 Å². The van der Waals surface area contributed by atoms with E-state index in [9.17, 15) is 4.79 Å². The van der Waals surface area contributed by atoms with Crippen molar-refractivity contribution in [2.24, 2.45) is 5.92 Å². The van der Waals surface area contributed by atoms with Crippen LogP contribution >= 0.6 is 11.3 Å². The van der Waals surface area contributed by atoms with E-state index < -0.39 is 0 Å². The average molecular weight is 354 g/mol. The van der Waals surface area contributed by atoms with Crippen LogP contribution in [-0.4, -0.2) is 56.5 Å². The topological polar surface area (TPSA) is 75.9 Å². The summed E-state index contributed by atoms with van der Waals surface area (Å²) in [6, 6.07) is 2.16. The summed E-state index contributed by atoms with van der Waals surface area (Å²) < 4.78 is 2.61. The van der Waals surface area contributed by atoms with Crippen LogP contribution in [0.25, 0.3) is 15.8 Å². The highest BCUT2D eigenvalue weighted by Crippen LogP contribution is 2.31. The van der Waals surface area contributed by atoms with Gasteiger partial charge < -0.3 is 10.2 Å². The van der Waals surface area contributed by atoms with Crippen molar-refractivity contribution in [2.45, 2.75) is 18.9 Å². The molecular formula is C17H18N6OS. The van der Waals surface area contributed by atoms with E-state index in [0.717, 1.165) is 35.4 Å². The number of nitrogens with zero attached hydrogens (tertiary/aromatic N) is 5. The van der Waals surface area contributed by atoms with Gasteiger partial charge in [-0.2, -0.15) is 0 Å². The molecular weight excluding hydrogens is 336 g/mol. The van der Waals surface area contributed by atoms with E-state index in [1.54, 1.807) is 23.3 Å². The molecule has 0 unspecified atom stereocenters. The number of nitrogens with one attached hydrogen (secondary N) is 1. The van der Waals surface area contributed by atoms with Gasteiger partial charge in [0.05, 0.1) is 22.8 Å². The number of thiophene rings is 1. The number of fused-ring (bicyclic) bond motifs is 4. The first-order valence-electron chi connectivity index (χ1n) is 8.56. The minimum absolute atomic E-state index is 0.0728. The Kier molecular flexibility index (Phi) is 3.53. The normalized spacial score (nSPS) is 25.4. The summed E-state index contributed by atoms with van der Waals surface area (Å²) in [5.74, 6) is 0.526. The largest absolute Gasteiger partial charge is 0.346 e. The van der Waals surface area contributed by atoms with Crippen LogP contribution in [0.1, 0.15) is 23.3 Å². The quantitative estimate of drug-likeness (QED) is 0.775. The summed E-state index contributed by atoms with van der Waals surface area (Å²) >= 11 is 1.52. The second kappa shape index (κ2) is 5.89. The fourth-order valence-electron chi connectivity index (χ4n) is 3.99. The van der Waals surface area contributed by atoms with Crippen LogP contribution in [0, 0.1) is 5.92 Å². The molecule has 1 atom stereocenters. The molecule has 1 N–H and O–H groups in total. The standard InChI is InChI=1S/C17H18N6OS/c24-17(20-13-9-22-6-2-11(13)3-7-22)15-16-12(1-4-18-15)14(10-25-16)23-8-5-19-21-23/h1,4-5,8,10-11,13H,2-3,6-7,9H2,(H,20,24)/t13-/m0/s1. The molecule has 25 heavy (non-hydrogen) atoms. The molecule has 8 heteroatoms. The van der Waals surface area contributed by atoms with Gasteiger partial charge in [0.15, 0.2) is 0 Å². The Morgan fingerprint density at radius 2 is 2.16 bits per heavy atom. The van der Waals surface area contributed by atoms with Crippen molar-refractivity contribution in [3.05, 3.63) is 35.7 Å². The number of rotatable bonds is 3. The number of carbonyl (C=O) groups excluding carboxylic acids is 1. The molecule has 7 nitrogen and oxygen atoms in total. The van der Waals surface area contributed by atoms with Gasteiger partial charge in [0, 0.05) is 29.5 Å². The molecule has 0 spiro atoms. The van der Waals surface area contributed by atoms with Gasteiger partial charge in [-0.15, -0.1) is 16.4 Å². The summed E-state index contributed by atoms with van der Waals surface area (Å²) in [4.78, 5) is 19.7. The van der Waals surface area contributed by atoms with Crippen LogP contribution in [0.4, 0.5) is 0 Å². The lowest BCUT2D eigenvalue weighted by Gasteiger charge is -2.44. The molecule has 0 aliphatic carbocycles. The predicted octanol–water partition coefficient (Wildman–Crippen LogP) is 1.70. The molecule has 2 bridgehead atoms. The zero-order valence-corrected chi connectivity index (χ0v) is 14.4. The maximum atomic E-state index is 12.9. The number of hydrogen-bond acceptors (Lipinski definition) is 6. The molecule has 3 aromatic rings. The predicted molar refractivity (Wildman–Crippen MR) is 95.0 cm³/mol. The van der Waals surface area contributed by atoms with Crippen LogP contribution in [0.2, 0.25) is 0 Å². The summed E-state index contributed by atoms with van der Waals surface area (Å²) in [6.45, 7) is 3.29. The number of piperidine rings is 3. The highest BCUT2D eigenvalue weighted by Gasteiger charge is 2.35. The maximum absolute atomic E-state index is 12.9. The van der Waals surface area contributed by atoms with Crippen LogP contribution in [0.15, 0.2) is 30.0 Å². The van der Waals surface area contributed by atoms with Crippen molar-refractivity contribution in [1.29, 1.82) is 0 Å². The van der Waals surface area contributed by atoms with E-state index in [1.165, 1.54) is 24.2 Å². The molecule has 6 rings (SSSR count). The fraction of sp³-hybridized carbons (Fsp3) is 0.412. The SMILES string of the molecule is O=C(N[C@H]1CN2CCC1CC2)c1nccc2c(-n3ccnn3)csc12. The minimum Gasteiger partial charge on any atom is -0.346 e. The van der Waals surface area contributed by atoms with Gasteiger partial charge in [0.1, 0.15) is 5.69 Å². The number of hydrogen-bond donors (Lipinski definition) is 1. The van der Waals surface area contributed by atoms with Gasteiger partial charge >= 0.3 is 0 Å². The van der Waals surface area contributed by atoms with E-state index in [1.807, 2.05) is 11.4 Å². The third-order valence-corrected chi connectivity index (χ3v) is 6.32. The van der Waals surface area contributed by atoms with Crippen molar-refractivity contribution >= 4 is 27.3 Å². The molecule has 0 saturated carbocycles. The van der Waals surface area contributed by atoms with Crippen molar-refractivity contribution in [1.82, 2.24) is 30.2 Å². The smallest absolute Gasteiger partial charge is 0.271 e. The summed E-state index contributed by atoms with van der Waals surface area (Å²) in [6.07, 6.45) is 7.50. The van der Waals surface area contributed by atoms with E-state index in [-0.39, 0.29) is 11.9 Å². The number of pyridine rings is 1. The zero-order valence-electron chi connectivity index (χ0n) is 13.6. The Balaban J connectivity index is 1.45. The lowest BCUT2D eigenvalue weighted by Crippen LogP contribution is -2.57. The lowest BCUT2D eigenvalue weighted by molar-refractivity contribution is 0.0619. The Hall–Kier alpha value is -2.32. The molecule has 0 radical (unpaired) electrons. The van der Waals surface area contributed by atoms with Crippen molar-refractivity contribution in [3.8, 4) is 5.69 Å². The van der Waals surface area contributed by atoms with Gasteiger partial charge in [-0.05, 0) is 37.9 Å². The molecule has 0 aromatic carbocycles. The first-order valence-corrected chi connectivity index (χ1v) is 9.43. The minimum atomic E-state index is -0.0728. The lowest BCUT2D eigenvalue weighted by atomic mass is 9.84. The van der Waals surface area contributed by atoms with E-state index >= 15 is 0 Å². The third kappa shape index (κ3) is 2.52. The molecule has 3 fully saturated rings. The molecule has 3 aliphatic rings. The summed E-state index contributed by atoms with van der Waals surface area (Å²) in [5.41, 5.74) is 1.43. The van der Waals surface area contributed by atoms with Gasteiger partial charge in [0.2, 0.25) is 0 Å². The highest BCUT2D eigenvalue weighted by molar-refractivity contribution is 7.18. The fourth-order valence-corrected chi connectivity index (χ4v) is 5.01. The Morgan fingerprint density at radius 3 is 2.88 bits per heavy atom. The molecule has 3 aliphatic heterocycles. The van der Waals surface area contributed by atoms with E-state index in [2.05, 4.69) is 25.5 Å². The van der Waals surface area contributed by atoms with Crippen LogP contribution < -0.4 is 5.32 Å². The van der Waals surface area contributed by atoms with Gasteiger partial charge in [-0.25, -0.2) is 9.67 Å². The van der Waals surface area contributed by atoms with Crippen LogP contribution in [0.5, 0.6) is 0 Å². The Labute approximate surface area is 148 Å². The number of aromatic nitrogens is 4. The van der Waals surface area contributed by atoms with Crippen molar-refractivity contribution in [2.75, 3.05) is 19.6 Å². The van der Waals surface area contributed by atoms with E-state index in [4.69, 9.17) is 0 Å². The highest BCUT2D eigenvalue weighted by atomic mass is 32.1. The zero-order chi connectivity index (χ0) is 16.8. The number of carbonyl (C=O) groups is 1. The Bertz CT molecular complexity index is 913. The second-order valence-corrected chi connectivity index (χ2v) is 7.60. The third-order valence-electron chi connectivity index (χ3n) is 5.33. The summed E-state index contributed by atoms with van der Waals surface area (Å²) in [5, 5.41) is 14.1. The summed E-state index contributed by atoms with van der Waals surface area (Å²) in [7, 11) is 0. The molecule has 6 heterocycles. The molecule has 3 saturated heterocycles. The van der Waals surface area contributed by atoms with Gasteiger partial charge in [-0.1, -0.05) is 5.21 Å². The maximum Gasteiger partial charge on any atom is 0.271 e. The number of amides is 1. The second-order valence-electron chi connectivity index (χ2n) is 6.72. The molecule has 1 amide bonds. The monoisotopic (exact) mass is 354 g/mol. The first-order chi connectivity index (χ1) is 12.3. The molecule has 128 valence electrons.